The molecule has 2 amide bonds. The molecule has 3 aromatic rings. The first-order valence-electron chi connectivity index (χ1n) is 9.29. The zero-order chi connectivity index (χ0) is 20.2. The maximum Gasteiger partial charge on any atom is 0.256 e. The van der Waals surface area contributed by atoms with E-state index in [4.69, 9.17) is 0 Å². The molecule has 6 heteroatoms. The van der Waals surface area contributed by atoms with Crippen molar-refractivity contribution in [2.45, 2.75) is 5.66 Å². The standard InChI is InChI=1S/C23H16F2N2O2/c24-19-11-10-15(14-20(19)25)21(28)26-12-13-27-22(29)17-8-4-5-9-18(17)23(26,27)16-6-2-1-3-7-16/h1-11,14H,12-13H2/t23-/m0/s1. The molecule has 2 aliphatic heterocycles. The Morgan fingerprint density at radius 3 is 2.34 bits per heavy atom. The molecule has 0 aromatic heterocycles. The summed E-state index contributed by atoms with van der Waals surface area (Å²) >= 11 is 0. The van der Waals surface area contributed by atoms with Crippen molar-refractivity contribution in [3.8, 4) is 0 Å². The Bertz CT molecular complexity index is 1150. The smallest absolute Gasteiger partial charge is 0.256 e. The summed E-state index contributed by atoms with van der Waals surface area (Å²) in [5.41, 5.74) is 0.949. The normalized spacial score (nSPS) is 20.0. The van der Waals surface area contributed by atoms with Crippen molar-refractivity contribution >= 4 is 11.8 Å². The third-order valence-corrected chi connectivity index (χ3v) is 5.69. The molecule has 0 bridgehead atoms. The second-order valence-corrected chi connectivity index (χ2v) is 7.13. The van der Waals surface area contributed by atoms with Gasteiger partial charge in [0, 0.05) is 35.3 Å². The SMILES string of the molecule is O=C(c1ccc(F)c(F)c1)N1CCN2C(=O)c3ccccc3[C@@]12c1ccccc1. The van der Waals surface area contributed by atoms with Crippen LogP contribution in [0.1, 0.15) is 31.8 Å². The van der Waals surface area contributed by atoms with Crippen molar-refractivity contribution in [3.63, 3.8) is 0 Å². The predicted octanol–water partition coefficient (Wildman–Crippen LogP) is 3.78. The third kappa shape index (κ3) is 2.29. The van der Waals surface area contributed by atoms with Crippen molar-refractivity contribution in [3.05, 3.63) is 107 Å². The van der Waals surface area contributed by atoms with Crippen LogP contribution < -0.4 is 0 Å². The van der Waals surface area contributed by atoms with Crippen molar-refractivity contribution in [1.29, 1.82) is 0 Å². The predicted molar refractivity (Wildman–Crippen MR) is 102 cm³/mol. The molecule has 0 spiro atoms. The van der Waals surface area contributed by atoms with Crippen LogP contribution in [0.2, 0.25) is 0 Å². The Labute approximate surface area is 166 Å². The lowest BCUT2D eigenvalue weighted by molar-refractivity contribution is 0.0375. The largest absolute Gasteiger partial charge is 0.306 e. The van der Waals surface area contributed by atoms with Gasteiger partial charge in [0.2, 0.25) is 0 Å². The van der Waals surface area contributed by atoms with Crippen molar-refractivity contribution in [2.24, 2.45) is 0 Å². The molecule has 2 aliphatic rings. The van der Waals surface area contributed by atoms with Crippen LogP contribution >= 0.6 is 0 Å². The maximum absolute atomic E-state index is 13.8. The highest BCUT2D eigenvalue weighted by Crippen LogP contribution is 2.49. The molecular weight excluding hydrogens is 374 g/mol. The summed E-state index contributed by atoms with van der Waals surface area (Å²) in [6.45, 7) is 0.630. The molecule has 4 nitrogen and oxygen atoms in total. The fourth-order valence-corrected chi connectivity index (χ4v) is 4.50. The Kier molecular flexibility index (Phi) is 3.77. The van der Waals surface area contributed by atoms with Crippen LogP contribution in [-0.4, -0.2) is 34.7 Å². The van der Waals surface area contributed by atoms with Gasteiger partial charge in [-0.25, -0.2) is 8.78 Å². The van der Waals surface area contributed by atoms with Gasteiger partial charge < -0.3 is 9.80 Å². The van der Waals surface area contributed by atoms with Crippen LogP contribution in [0, 0.1) is 11.6 Å². The maximum atomic E-state index is 13.8. The number of halogens is 2. The molecule has 0 aliphatic carbocycles. The second-order valence-electron chi connectivity index (χ2n) is 7.13. The number of hydrogen-bond donors (Lipinski definition) is 0. The average molecular weight is 390 g/mol. The molecule has 0 radical (unpaired) electrons. The first kappa shape index (κ1) is 17.6. The van der Waals surface area contributed by atoms with E-state index in [1.807, 2.05) is 42.5 Å². The number of amides is 2. The van der Waals surface area contributed by atoms with Crippen molar-refractivity contribution < 1.29 is 18.4 Å². The first-order valence-corrected chi connectivity index (χ1v) is 9.29. The molecule has 3 aromatic carbocycles. The molecule has 29 heavy (non-hydrogen) atoms. The van der Waals surface area contributed by atoms with Gasteiger partial charge in [0.05, 0.1) is 0 Å². The minimum atomic E-state index is -1.11. The van der Waals surface area contributed by atoms with Crippen LogP contribution in [0.25, 0.3) is 0 Å². The number of rotatable bonds is 2. The lowest BCUT2D eigenvalue weighted by Gasteiger charge is -2.40. The van der Waals surface area contributed by atoms with Crippen LogP contribution in [0.5, 0.6) is 0 Å². The molecule has 0 unspecified atom stereocenters. The number of carbonyl (C=O) groups excluding carboxylic acids is 2. The summed E-state index contributed by atoms with van der Waals surface area (Å²) in [4.78, 5) is 29.9. The van der Waals surface area contributed by atoms with Gasteiger partial charge in [-0.15, -0.1) is 0 Å². The summed E-state index contributed by atoms with van der Waals surface area (Å²) < 4.78 is 27.2. The Balaban J connectivity index is 1.74. The molecule has 1 atom stereocenters. The van der Waals surface area contributed by atoms with Crippen molar-refractivity contribution in [2.75, 3.05) is 13.1 Å². The molecule has 0 N–H and O–H groups in total. The molecule has 1 fully saturated rings. The molecule has 2 heterocycles. The average Bonchev–Trinajstić information content (AvgIpc) is 3.26. The summed E-state index contributed by atoms with van der Waals surface area (Å²) in [6, 6.07) is 19.7. The zero-order valence-electron chi connectivity index (χ0n) is 15.3. The number of hydrogen-bond acceptors (Lipinski definition) is 2. The summed E-state index contributed by atoms with van der Waals surface area (Å²) in [5.74, 6) is -2.70. The van der Waals surface area contributed by atoms with E-state index in [2.05, 4.69) is 0 Å². The van der Waals surface area contributed by atoms with Gasteiger partial charge in [-0.05, 0) is 24.3 Å². The van der Waals surface area contributed by atoms with Crippen LogP contribution in [-0.2, 0) is 5.66 Å². The number of benzene rings is 3. The summed E-state index contributed by atoms with van der Waals surface area (Å²) in [5, 5.41) is 0. The molecule has 144 valence electrons. The van der Waals surface area contributed by atoms with E-state index >= 15 is 0 Å². The third-order valence-electron chi connectivity index (χ3n) is 5.69. The van der Waals surface area contributed by atoms with E-state index in [9.17, 15) is 18.4 Å². The topological polar surface area (TPSA) is 40.6 Å². The van der Waals surface area contributed by atoms with E-state index in [1.165, 1.54) is 6.07 Å². The van der Waals surface area contributed by atoms with Crippen LogP contribution in [0.4, 0.5) is 8.78 Å². The van der Waals surface area contributed by atoms with E-state index in [1.54, 1.807) is 21.9 Å². The van der Waals surface area contributed by atoms with Gasteiger partial charge in [0.1, 0.15) is 0 Å². The molecule has 1 saturated heterocycles. The highest BCUT2D eigenvalue weighted by Gasteiger charge is 2.59. The van der Waals surface area contributed by atoms with Crippen molar-refractivity contribution in [1.82, 2.24) is 9.80 Å². The van der Waals surface area contributed by atoms with Gasteiger partial charge in [0.25, 0.3) is 11.8 Å². The zero-order valence-corrected chi connectivity index (χ0v) is 15.3. The van der Waals surface area contributed by atoms with E-state index in [-0.39, 0.29) is 18.0 Å². The van der Waals surface area contributed by atoms with Gasteiger partial charge in [-0.1, -0.05) is 48.5 Å². The van der Waals surface area contributed by atoms with Gasteiger partial charge in [0.15, 0.2) is 17.3 Å². The second kappa shape index (κ2) is 6.24. The summed E-state index contributed by atoms with van der Waals surface area (Å²) in [6.07, 6.45) is 0. The van der Waals surface area contributed by atoms with Gasteiger partial charge in [-0.3, -0.25) is 9.59 Å². The number of nitrogens with zero attached hydrogens (tertiary/aromatic N) is 2. The lowest BCUT2D eigenvalue weighted by atomic mass is 9.89. The van der Waals surface area contributed by atoms with Crippen LogP contribution in [0.3, 0.4) is 0 Å². The highest BCUT2D eigenvalue weighted by molar-refractivity contribution is 6.03. The van der Waals surface area contributed by atoms with Crippen LogP contribution in [0.15, 0.2) is 72.8 Å². The van der Waals surface area contributed by atoms with E-state index in [0.717, 1.165) is 17.7 Å². The quantitative estimate of drug-likeness (QED) is 0.668. The van der Waals surface area contributed by atoms with E-state index < -0.39 is 23.2 Å². The molecule has 5 rings (SSSR count). The number of carbonyl (C=O) groups is 2. The van der Waals surface area contributed by atoms with Gasteiger partial charge in [-0.2, -0.15) is 0 Å². The number of fused-ring (bicyclic) bond motifs is 3. The molecular formula is C23H16F2N2O2. The minimum absolute atomic E-state index is 0.0397. The minimum Gasteiger partial charge on any atom is -0.306 e. The van der Waals surface area contributed by atoms with E-state index in [0.29, 0.717) is 17.7 Å². The Morgan fingerprint density at radius 2 is 1.59 bits per heavy atom. The first-order chi connectivity index (χ1) is 14.0. The fourth-order valence-electron chi connectivity index (χ4n) is 4.50. The summed E-state index contributed by atoms with van der Waals surface area (Å²) in [7, 11) is 0. The highest BCUT2D eigenvalue weighted by atomic mass is 19.2. The monoisotopic (exact) mass is 390 g/mol. The van der Waals surface area contributed by atoms with Gasteiger partial charge >= 0.3 is 0 Å². The lowest BCUT2D eigenvalue weighted by Crippen LogP contribution is -2.51. The Hall–Kier alpha value is -3.54. The molecule has 0 saturated carbocycles. The Morgan fingerprint density at radius 1 is 0.862 bits per heavy atom. The fraction of sp³-hybridized carbons (Fsp3) is 0.130.